The number of nitrogens with zero attached hydrogens (tertiary/aromatic N) is 2. The van der Waals surface area contributed by atoms with E-state index in [-0.39, 0.29) is 6.61 Å². The zero-order valence-corrected chi connectivity index (χ0v) is 10.4. The van der Waals surface area contributed by atoms with Gasteiger partial charge in [0.25, 0.3) is 5.89 Å². The standard InChI is InChI=1S/C10H10ClN3O2S/c11-7-1-3-8(4-2-7)17-6-9-13-10(5-15-12)16-14-9/h1-4H,5-6,12H2. The molecule has 0 bridgehead atoms. The molecule has 0 unspecified atom stereocenters. The van der Waals surface area contributed by atoms with Crippen molar-refractivity contribution in [1.82, 2.24) is 10.1 Å². The summed E-state index contributed by atoms with van der Waals surface area (Å²) in [5.74, 6) is 6.51. The minimum Gasteiger partial charge on any atom is -0.337 e. The second kappa shape index (κ2) is 6.02. The van der Waals surface area contributed by atoms with Gasteiger partial charge >= 0.3 is 0 Å². The third kappa shape index (κ3) is 3.71. The van der Waals surface area contributed by atoms with E-state index in [4.69, 9.17) is 22.0 Å². The summed E-state index contributed by atoms with van der Waals surface area (Å²) in [6.07, 6.45) is 0. The Balaban J connectivity index is 1.90. The highest BCUT2D eigenvalue weighted by Crippen LogP contribution is 2.23. The molecule has 2 rings (SSSR count). The molecule has 2 aromatic rings. The van der Waals surface area contributed by atoms with Crippen LogP contribution < -0.4 is 5.90 Å². The molecule has 1 aromatic carbocycles. The van der Waals surface area contributed by atoms with Gasteiger partial charge in [0.2, 0.25) is 0 Å². The summed E-state index contributed by atoms with van der Waals surface area (Å²) in [6.45, 7) is 0.124. The van der Waals surface area contributed by atoms with Gasteiger partial charge in [-0.2, -0.15) is 4.98 Å². The van der Waals surface area contributed by atoms with Crippen molar-refractivity contribution < 1.29 is 9.36 Å². The van der Waals surface area contributed by atoms with E-state index in [0.29, 0.717) is 17.5 Å². The summed E-state index contributed by atoms with van der Waals surface area (Å²) in [5.41, 5.74) is 0. The van der Waals surface area contributed by atoms with Crippen molar-refractivity contribution in [2.75, 3.05) is 0 Å². The van der Waals surface area contributed by atoms with Crippen molar-refractivity contribution in [3.8, 4) is 0 Å². The molecule has 0 spiro atoms. The van der Waals surface area contributed by atoms with E-state index >= 15 is 0 Å². The lowest BCUT2D eigenvalue weighted by Gasteiger charge is -1.97. The molecule has 5 nitrogen and oxygen atoms in total. The van der Waals surface area contributed by atoms with E-state index in [1.165, 1.54) is 0 Å². The predicted octanol–water partition coefficient (Wildman–Crippen LogP) is 2.41. The Morgan fingerprint density at radius 2 is 2.12 bits per heavy atom. The molecule has 0 saturated heterocycles. The summed E-state index contributed by atoms with van der Waals surface area (Å²) >= 11 is 7.39. The Bertz CT molecular complexity index is 475. The van der Waals surface area contributed by atoms with Crippen molar-refractivity contribution >= 4 is 23.4 Å². The van der Waals surface area contributed by atoms with Gasteiger partial charge in [0.15, 0.2) is 5.82 Å². The van der Waals surface area contributed by atoms with Gasteiger partial charge in [-0.25, -0.2) is 5.90 Å². The molecule has 0 fully saturated rings. The summed E-state index contributed by atoms with van der Waals surface area (Å²) in [4.78, 5) is 9.60. The molecule has 0 saturated carbocycles. The van der Waals surface area contributed by atoms with Crippen LogP contribution >= 0.6 is 23.4 Å². The monoisotopic (exact) mass is 271 g/mol. The van der Waals surface area contributed by atoms with Gasteiger partial charge in [0.1, 0.15) is 6.61 Å². The smallest absolute Gasteiger partial charge is 0.254 e. The van der Waals surface area contributed by atoms with Gasteiger partial charge in [-0.3, -0.25) is 4.84 Å². The van der Waals surface area contributed by atoms with Gasteiger partial charge in [0, 0.05) is 9.92 Å². The maximum Gasteiger partial charge on any atom is 0.254 e. The fourth-order valence-electron chi connectivity index (χ4n) is 1.16. The Hall–Kier alpha value is -1.08. The van der Waals surface area contributed by atoms with Gasteiger partial charge in [-0.05, 0) is 24.3 Å². The summed E-state index contributed by atoms with van der Waals surface area (Å²) in [6, 6.07) is 7.57. The van der Waals surface area contributed by atoms with Crippen LogP contribution in [0.1, 0.15) is 11.7 Å². The van der Waals surface area contributed by atoms with E-state index in [1.807, 2.05) is 24.3 Å². The first kappa shape index (κ1) is 12.4. The average Bonchev–Trinajstić information content (AvgIpc) is 2.77. The van der Waals surface area contributed by atoms with Crippen molar-refractivity contribution in [2.45, 2.75) is 17.3 Å². The van der Waals surface area contributed by atoms with Gasteiger partial charge in [0.05, 0.1) is 5.75 Å². The van der Waals surface area contributed by atoms with Crippen LogP contribution in [0.2, 0.25) is 5.02 Å². The molecule has 0 amide bonds. The number of benzene rings is 1. The highest BCUT2D eigenvalue weighted by molar-refractivity contribution is 7.98. The van der Waals surface area contributed by atoms with E-state index in [0.717, 1.165) is 9.92 Å². The van der Waals surface area contributed by atoms with Crippen LogP contribution in [0.5, 0.6) is 0 Å². The van der Waals surface area contributed by atoms with E-state index in [1.54, 1.807) is 11.8 Å². The molecule has 17 heavy (non-hydrogen) atoms. The lowest BCUT2D eigenvalue weighted by Crippen LogP contribution is -1.98. The highest BCUT2D eigenvalue weighted by atomic mass is 35.5. The van der Waals surface area contributed by atoms with Gasteiger partial charge in [-0.1, -0.05) is 16.8 Å². The minimum atomic E-state index is 0.124. The van der Waals surface area contributed by atoms with Crippen molar-refractivity contribution in [3.63, 3.8) is 0 Å². The van der Waals surface area contributed by atoms with Crippen LogP contribution in [0.3, 0.4) is 0 Å². The molecular formula is C10H10ClN3O2S. The number of hydrogen-bond donors (Lipinski definition) is 1. The lowest BCUT2D eigenvalue weighted by atomic mass is 10.4. The first-order valence-corrected chi connectivity index (χ1v) is 6.16. The number of rotatable bonds is 5. The van der Waals surface area contributed by atoms with Crippen LogP contribution in [-0.4, -0.2) is 10.1 Å². The number of aromatic nitrogens is 2. The van der Waals surface area contributed by atoms with Gasteiger partial charge in [-0.15, -0.1) is 11.8 Å². The molecule has 1 aromatic heterocycles. The topological polar surface area (TPSA) is 74.2 Å². The molecule has 0 aliphatic rings. The zero-order valence-electron chi connectivity index (χ0n) is 8.80. The van der Waals surface area contributed by atoms with Crippen molar-refractivity contribution in [1.29, 1.82) is 0 Å². The van der Waals surface area contributed by atoms with Crippen LogP contribution in [0.4, 0.5) is 0 Å². The molecule has 0 aliphatic heterocycles. The molecule has 90 valence electrons. The lowest BCUT2D eigenvalue weighted by molar-refractivity contribution is 0.0995. The van der Waals surface area contributed by atoms with E-state index in [2.05, 4.69) is 15.0 Å². The van der Waals surface area contributed by atoms with E-state index < -0.39 is 0 Å². The number of nitrogens with two attached hydrogens (primary N) is 1. The van der Waals surface area contributed by atoms with Crippen LogP contribution in [0, 0.1) is 0 Å². The maximum absolute atomic E-state index is 5.79. The molecule has 7 heteroatoms. The Kier molecular flexibility index (Phi) is 4.38. The molecule has 0 radical (unpaired) electrons. The first-order valence-electron chi connectivity index (χ1n) is 4.79. The molecule has 2 N–H and O–H groups in total. The Morgan fingerprint density at radius 1 is 1.35 bits per heavy atom. The van der Waals surface area contributed by atoms with Crippen LogP contribution in [0.25, 0.3) is 0 Å². The number of hydrogen-bond acceptors (Lipinski definition) is 6. The third-order valence-electron chi connectivity index (χ3n) is 1.90. The summed E-state index contributed by atoms with van der Waals surface area (Å²) in [5, 5.41) is 4.52. The summed E-state index contributed by atoms with van der Waals surface area (Å²) < 4.78 is 4.91. The quantitative estimate of drug-likeness (QED) is 0.665. The maximum atomic E-state index is 5.79. The summed E-state index contributed by atoms with van der Waals surface area (Å²) in [7, 11) is 0. The molecular weight excluding hydrogens is 262 g/mol. The zero-order chi connectivity index (χ0) is 12.1. The second-order valence-electron chi connectivity index (χ2n) is 3.16. The van der Waals surface area contributed by atoms with Crippen LogP contribution in [-0.2, 0) is 17.2 Å². The number of thioether (sulfide) groups is 1. The third-order valence-corrected chi connectivity index (χ3v) is 3.16. The van der Waals surface area contributed by atoms with Crippen molar-refractivity contribution in [2.24, 2.45) is 5.90 Å². The van der Waals surface area contributed by atoms with E-state index in [9.17, 15) is 0 Å². The Morgan fingerprint density at radius 3 is 2.82 bits per heavy atom. The SMILES string of the molecule is NOCc1nc(CSc2ccc(Cl)cc2)no1. The second-order valence-corrected chi connectivity index (χ2v) is 4.64. The molecule has 0 aliphatic carbocycles. The predicted molar refractivity (Wildman–Crippen MR) is 64.3 cm³/mol. The fraction of sp³-hybridized carbons (Fsp3) is 0.200. The highest BCUT2D eigenvalue weighted by Gasteiger charge is 2.06. The Labute approximate surface area is 107 Å². The number of halogens is 1. The average molecular weight is 272 g/mol. The molecule has 1 heterocycles. The van der Waals surface area contributed by atoms with Gasteiger partial charge < -0.3 is 4.52 Å². The fourth-order valence-corrected chi connectivity index (χ4v) is 2.02. The molecule has 0 atom stereocenters. The van der Waals surface area contributed by atoms with Crippen molar-refractivity contribution in [3.05, 3.63) is 41.0 Å². The van der Waals surface area contributed by atoms with Crippen LogP contribution in [0.15, 0.2) is 33.7 Å². The largest absolute Gasteiger partial charge is 0.337 e. The first-order chi connectivity index (χ1) is 8.28. The normalized spacial score (nSPS) is 10.7. The minimum absolute atomic E-state index is 0.124.